The molecule has 2 saturated carbocycles. The van der Waals surface area contributed by atoms with Crippen LogP contribution in [0.1, 0.15) is 61.7 Å². The van der Waals surface area contributed by atoms with Gasteiger partial charge >= 0.3 is 0 Å². The van der Waals surface area contributed by atoms with Crippen molar-refractivity contribution in [3.8, 4) is 11.4 Å². The van der Waals surface area contributed by atoms with Crippen LogP contribution in [0, 0.1) is 4.77 Å². The smallest absolute Gasteiger partial charge is 0.195 e. The van der Waals surface area contributed by atoms with Crippen LogP contribution in [0.3, 0.4) is 0 Å². The van der Waals surface area contributed by atoms with Crippen molar-refractivity contribution < 1.29 is 4.74 Å². The average Bonchev–Trinajstić information content (AvgIpc) is 3.61. The van der Waals surface area contributed by atoms with Gasteiger partial charge in [0.25, 0.3) is 0 Å². The van der Waals surface area contributed by atoms with Crippen molar-refractivity contribution in [1.29, 1.82) is 0 Å². The molecule has 3 aliphatic rings. The maximum absolute atomic E-state index is 5.87. The fourth-order valence-corrected chi connectivity index (χ4v) is 4.60. The second kappa shape index (κ2) is 6.22. The maximum atomic E-state index is 5.87. The Labute approximate surface area is 168 Å². The molecule has 4 heterocycles. The molecule has 0 radical (unpaired) electrons. The summed E-state index contributed by atoms with van der Waals surface area (Å²) in [6, 6.07) is 2.24. The van der Waals surface area contributed by atoms with Gasteiger partial charge in [0.2, 0.25) is 0 Å². The van der Waals surface area contributed by atoms with Gasteiger partial charge in [-0.25, -0.2) is 4.98 Å². The van der Waals surface area contributed by atoms with Crippen molar-refractivity contribution in [2.45, 2.75) is 63.0 Å². The lowest BCUT2D eigenvalue weighted by molar-refractivity contribution is 0.0970. The lowest BCUT2D eigenvalue weighted by Crippen LogP contribution is -2.16. The molecule has 0 aromatic carbocycles. The van der Waals surface area contributed by atoms with Crippen LogP contribution in [-0.2, 0) is 18.3 Å². The minimum atomic E-state index is 0.208. The predicted molar refractivity (Wildman–Crippen MR) is 108 cm³/mol. The Morgan fingerprint density at radius 1 is 1.21 bits per heavy atom. The summed E-state index contributed by atoms with van der Waals surface area (Å²) in [4.78, 5) is 5.00. The van der Waals surface area contributed by atoms with E-state index >= 15 is 0 Å². The zero-order valence-electron chi connectivity index (χ0n) is 16.0. The fourth-order valence-electron chi connectivity index (χ4n) is 4.39. The minimum absolute atomic E-state index is 0.208. The molecule has 3 aromatic rings. The van der Waals surface area contributed by atoms with Crippen LogP contribution in [0.4, 0.5) is 0 Å². The first kappa shape index (κ1) is 16.9. The van der Waals surface area contributed by atoms with Crippen molar-refractivity contribution in [2.75, 3.05) is 6.61 Å². The SMILES string of the molecule is Cn1nc(C2CC2)c2c(-c3n[nH]c(=S)n3C[C@H]3CCCO3)cc(C3CC3)nc21. The number of ether oxygens (including phenoxy) is 1. The van der Waals surface area contributed by atoms with E-state index in [1.807, 2.05) is 11.7 Å². The van der Waals surface area contributed by atoms with Crippen LogP contribution in [0.5, 0.6) is 0 Å². The van der Waals surface area contributed by atoms with E-state index < -0.39 is 0 Å². The standard InChI is InChI=1S/C20H24N6OS/c1-25-19-16(17(24-25)12-6-7-12)14(9-15(21-19)11-4-5-11)18-22-23-20(28)26(18)10-13-3-2-8-27-13/h9,11-13H,2-8,10H2,1H3,(H,23,28)/t13-/m1/s1. The number of aromatic amines is 1. The molecule has 0 unspecified atom stereocenters. The second-order valence-electron chi connectivity index (χ2n) is 8.45. The van der Waals surface area contributed by atoms with Crippen LogP contribution in [0.25, 0.3) is 22.4 Å². The molecular weight excluding hydrogens is 372 g/mol. The molecule has 1 N–H and O–H groups in total. The van der Waals surface area contributed by atoms with E-state index in [1.54, 1.807) is 0 Å². The Bertz CT molecular complexity index is 1110. The van der Waals surface area contributed by atoms with Crippen LogP contribution in [0.15, 0.2) is 6.07 Å². The highest BCUT2D eigenvalue weighted by molar-refractivity contribution is 7.71. The van der Waals surface area contributed by atoms with Crippen molar-refractivity contribution in [3.05, 3.63) is 22.2 Å². The van der Waals surface area contributed by atoms with Crippen molar-refractivity contribution in [2.24, 2.45) is 7.05 Å². The van der Waals surface area contributed by atoms with E-state index in [0.29, 0.717) is 16.6 Å². The third-order valence-electron chi connectivity index (χ3n) is 6.21. The van der Waals surface area contributed by atoms with Gasteiger partial charge in [0.1, 0.15) is 0 Å². The number of hydrogen-bond donors (Lipinski definition) is 1. The largest absolute Gasteiger partial charge is 0.376 e. The third-order valence-corrected chi connectivity index (χ3v) is 6.52. The zero-order chi connectivity index (χ0) is 18.8. The molecular formula is C20H24N6OS. The van der Waals surface area contributed by atoms with Gasteiger partial charge in [-0.2, -0.15) is 10.2 Å². The number of fused-ring (bicyclic) bond motifs is 1. The molecule has 146 valence electrons. The summed E-state index contributed by atoms with van der Waals surface area (Å²) in [7, 11) is 2.01. The first-order valence-corrected chi connectivity index (χ1v) is 10.7. The Hall–Kier alpha value is -2.06. The number of nitrogens with zero attached hydrogens (tertiary/aromatic N) is 5. The van der Waals surface area contributed by atoms with Gasteiger partial charge in [-0.05, 0) is 56.8 Å². The molecule has 0 bridgehead atoms. The number of H-pyrrole nitrogens is 1. The summed E-state index contributed by atoms with van der Waals surface area (Å²) in [6.45, 7) is 1.58. The van der Waals surface area contributed by atoms with Gasteiger partial charge in [-0.3, -0.25) is 14.3 Å². The van der Waals surface area contributed by atoms with Crippen molar-refractivity contribution in [1.82, 2.24) is 29.5 Å². The average molecular weight is 397 g/mol. The third kappa shape index (κ3) is 2.73. The van der Waals surface area contributed by atoms with Crippen LogP contribution in [-0.4, -0.2) is 42.2 Å². The first-order chi connectivity index (χ1) is 13.7. The fraction of sp³-hybridized carbons (Fsp3) is 0.600. The van der Waals surface area contributed by atoms with Gasteiger partial charge in [0, 0.05) is 36.7 Å². The van der Waals surface area contributed by atoms with Crippen molar-refractivity contribution >= 4 is 23.3 Å². The van der Waals surface area contributed by atoms with Gasteiger partial charge < -0.3 is 4.74 Å². The van der Waals surface area contributed by atoms with E-state index in [1.165, 1.54) is 31.4 Å². The number of rotatable bonds is 5. The van der Waals surface area contributed by atoms with Crippen LogP contribution < -0.4 is 0 Å². The summed E-state index contributed by atoms with van der Waals surface area (Å²) >= 11 is 5.58. The monoisotopic (exact) mass is 396 g/mol. The van der Waals surface area contributed by atoms with E-state index in [4.69, 9.17) is 27.0 Å². The van der Waals surface area contributed by atoms with Gasteiger partial charge in [-0.15, -0.1) is 0 Å². The molecule has 1 aliphatic heterocycles. The van der Waals surface area contributed by atoms with Crippen LogP contribution in [0.2, 0.25) is 0 Å². The molecule has 7 nitrogen and oxygen atoms in total. The van der Waals surface area contributed by atoms with E-state index in [9.17, 15) is 0 Å². The Morgan fingerprint density at radius 3 is 2.75 bits per heavy atom. The summed E-state index contributed by atoms with van der Waals surface area (Å²) in [6.07, 6.45) is 7.25. The highest BCUT2D eigenvalue weighted by Crippen LogP contribution is 2.46. The zero-order valence-corrected chi connectivity index (χ0v) is 16.8. The van der Waals surface area contributed by atoms with Gasteiger partial charge in [-0.1, -0.05) is 0 Å². The van der Waals surface area contributed by atoms with Crippen LogP contribution >= 0.6 is 12.2 Å². The summed E-state index contributed by atoms with van der Waals surface area (Å²) in [5.74, 6) is 2.00. The Kier molecular flexibility index (Phi) is 3.74. The lowest BCUT2D eigenvalue weighted by atomic mass is 10.0. The molecule has 3 fully saturated rings. The van der Waals surface area contributed by atoms with Crippen molar-refractivity contribution in [3.63, 3.8) is 0 Å². The second-order valence-corrected chi connectivity index (χ2v) is 8.84. The summed E-state index contributed by atoms with van der Waals surface area (Å²) < 4.78 is 10.6. The van der Waals surface area contributed by atoms with Gasteiger partial charge in [0.15, 0.2) is 16.2 Å². The summed E-state index contributed by atoms with van der Waals surface area (Å²) in [5.41, 5.74) is 4.41. The summed E-state index contributed by atoms with van der Waals surface area (Å²) in [5, 5.41) is 13.7. The minimum Gasteiger partial charge on any atom is -0.376 e. The Morgan fingerprint density at radius 2 is 2.04 bits per heavy atom. The molecule has 28 heavy (non-hydrogen) atoms. The normalized spacial score (nSPS) is 22.4. The van der Waals surface area contributed by atoms with E-state index in [2.05, 4.69) is 20.8 Å². The maximum Gasteiger partial charge on any atom is 0.195 e. The predicted octanol–water partition coefficient (Wildman–Crippen LogP) is 3.82. The van der Waals surface area contributed by atoms with Gasteiger partial charge in [0.05, 0.1) is 23.7 Å². The number of nitrogens with one attached hydrogen (secondary N) is 1. The topological polar surface area (TPSA) is 73.5 Å². The molecule has 0 amide bonds. The first-order valence-electron chi connectivity index (χ1n) is 10.3. The highest BCUT2D eigenvalue weighted by Gasteiger charge is 2.34. The number of pyridine rings is 1. The quantitative estimate of drug-likeness (QED) is 0.664. The van der Waals surface area contributed by atoms with E-state index in [0.717, 1.165) is 54.1 Å². The number of aromatic nitrogens is 6. The molecule has 6 rings (SSSR count). The molecule has 2 aliphatic carbocycles. The molecule has 0 spiro atoms. The molecule has 8 heteroatoms. The highest BCUT2D eigenvalue weighted by atomic mass is 32.1. The molecule has 1 atom stereocenters. The van der Waals surface area contributed by atoms with E-state index in [-0.39, 0.29) is 6.10 Å². The molecule has 3 aromatic heterocycles. The lowest BCUT2D eigenvalue weighted by Gasteiger charge is -2.14. The molecule has 1 saturated heterocycles. The number of hydrogen-bond acceptors (Lipinski definition) is 5. The Balaban J connectivity index is 1.56. The number of aryl methyl sites for hydroxylation is 1.